The molecule has 0 aromatic heterocycles. The van der Waals surface area contributed by atoms with E-state index < -0.39 is 0 Å². The Hall–Kier alpha value is 0.310. The van der Waals surface area contributed by atoms with Crippen molar-refractivity contribution in [3.8, 4) is 0 Å². The van der Waals surface area contributed by atoms with Gasteiger partial charge in [-0.25, -0.2) is 0 Å². The molecule has 1 atom stereocenters. The first-order valence-corrected chi connectivity index (χ1v) is 11.1. The first-order valence-electron chi connectivity index (χ1n) is 10.2. The van der Waals surface area contributed by atoms with Crippen LogP contribution in [0.3, 0.4) is 0 Å². The van der Waals surface area contributed by atoms with Gasteiger partial charge in [0.15, 0.2) is 0 Å². The highest BCUT2D eigenvalue weighted by Gasteiger charge is 2.01. The third-order valence-electron chi connectivity index (χ3n) is 4.39. The lowest BCUT2D eigenvalue weighted by Crippen LogP contribution is -2.08. The normalized spacial score (nSPS) is 12.7. The SMILES string of the molecule is CCCCCCCCCCCCCCCCC(C)SNCC. The molecule has 0 bridgehead atoms. The highest BCUT2D eigenvalue weighted by atomic mass is 32.2. The van der Waals surface area contributed by atoms with E-state index in [2.05, 4.69) is 25.5 Å². The van der Waals surface area contributed by atoms with Crippen LogP contribution in [0.1, 0.15) is 117 Å². The molecule has 0 aromatic rings. The minimum absolute atomic E-state index is 0.775. The van der Waals surface area contributed by atoms with Gasteiger partial charge in [0.25, 0.3) is 0 Å². The Morgan fingerprint density at radius 3 is 1.45 bits per heavy atom. The van der Waals surface area contributed by atoms with E-state index in [1.807, 2.05) is 11.9 Å². The molecule has 0 saturated heterocycles. The lowest BCUT2D eigenvalue weighted by atomic mass is 10.0. The van der Waals surface area contributed by atoms with E-state index in [1.54, 1.807) is 0 Å². The first kappa shape index (κ1) is 22.3. The van der Waals surface area contributed by atoms with Crippen molar-refractivity contribution in [1.82, 2.24) is 4.72 Å². The Labute approximate surface area is 145 Å². The van der Waals surface area contributed by atoms with Crippen LogP contribution in [0.15, 0.2) is 0 Å². The summed E-state index contributed by atoms with van der Waals surface area (Å²) in [6.07, 6.45) is 21.7. The fourth-order valence-corrected chi connectivity index (χ4v) is 3.65. The van der Waals surface area contributed by atoms with Crippen LogP contribution in [0.4, 0.5) is 0 Å². The molecule has 0 aromatic carbocycles. The summed E-state index contributed by atoms with van der Waals surface area (Å²) < 4.78 is 3.36. The fraction of sp³-hybridized carbons (Fsp3) is 1.00. The number of hydrogen-bond acceptors (Lipinski definition) is 2. The number of unbranched alkanes of at least 4 members (excludes halogenated alkanes) is 13. The summed E-state index contributed by atoms with van der Waals surface area (Å²) in [7, 11) is 0. The zero-order chi connectivity index (χ0) is 16.3. The van der Waals surface area contributed by atoms with Crippen LogP contribution in [0.5, 0.6) is 0 Å². The monoisotopic (exact) mass is 329 g/mol. The van der Waals surface area contributed by atoms with E-state index in [9.17, 15) is 0 Å². The van der Waals surface area contributed by atoms with Crippen LogP contribution in [0.2, 0.25) is 0 Å². The molecule has 22 heavy (non-hydrogen) atoms. The standard InChI is InChI=1S/C20H43NS/c1-4-6-7-8-9-10-11-12-13-14-15-16-17-18-19-20(3)22-21-5-2/h20-21H,4-19H2,1-3H3. The van der Waals surface area contributed by atoms with E-state index >= 15 is 0 Å². The van der Waals surface area contributed by atoms with Crippen molar-refractivity contribution in [2.45, 2.75) is 122 Å². The zero-order valence-electron chi connectivity index (χ0n) is 15.8. The van der Waals surface area contributed by atoms with Gasteiger partial charge >= 0.3 is 0 Å². The lowest BCUT2D eigenvalue weighted by molar-refractivity contribution is 0.532. The van der Waals surface area contributed by atoms with E-state index in [-0.39, 0.29) is 0 Å². The van der Waals surface area contributed by atoms with Gasteiger partial charge in [-0.15, -0.1) is 0 Å². The molecule has 134 valence electrons. The summed E-state index contributed by atoms with van der Waals surface area (Å²) in [6.45, 7) is 7.89. The van der Waals surface area contributed by atoms with Gasteiger partial charge in [0.1, 0.15) is 0 Å². The first-order chi connectivity index (χ1) is 10.8. The fourth-order valence-electron chi connectivity index (χ4n) is 2.91. The molecular formula is C20H43NS. The Balaban J connectivity index is 3.02. The smallest absolute Gasteiger partial charge is 0.0164 e. The summed E-state index contributed by atoms with van der Waals surface area (Å²) in [5.41, 5.74) is 0. The summed E-state index contributed by atoms with van der Waals surface area (Å²) >= 11 is 1.91. The molecule has 0 spiro atoms. The van der Waals surface area contributed by atoms with E-state index in [4.69, 9.17) is 0 Å². The van der Waals surface area contributed by atoms with Crippen LogP contribution in [0, 0.1) is 0 Å². The molecule has 0 rings (SSSR count). The Bertz CT molecular complexity index is 196. The largest absolute Gasteiger partial charge is 0.264 e. The predicted octanol–water partition coefficient (Wildman–Crippen LogP) is 7.50. The molecule has 1 nitrogen and oxygen atoms in total. The van der Waals surface area contributed by atoms with E-state index in [0.29, 0.717) is 0 Å². The van der Waals surface area contributed by atoms with Crippen molar-refractivity contribution >= 4 is 11.9 Å². The van der Waals surface area contributed by atoms with Gasteiger partial charge < -0.3 is 0 Å². The van der Waals surface area contributed by atoms with Crippen molar-refractivity contribution in [1.29, 1.82) is 0 Å². The molecule has 1 unspecified atom stereocenters. The van der Waals surface area contributed by atoms with E-state index in [1.165, 1.54) is 96.3 Å². The molecule has 1 N–H and O–H groups in total. The topological polar surface area (TPSA) is 12.0 Å². The maximum atomic E-state index is 3.36. The maximum Gasteiger partial charge on any atom is 0.0164 e. The number of hydrogen-bond donors (Lipinski definition) is 1. The minimum Gasteiger partial charge on any atom is -0.264 e. The van der Waals surface area contributed by atoms with Crippen LogP contribution in [-0.4, -0.2) is 11.8 Å². The van der Waals surface area contributed by atoms with Crippen molar-refractivity contribution in [2.24, 2.45) is 0 Å². The minimum atomic E-state index is 0.775. The summed E-state index contributed by atoms with van der Waals surface area (Å²) in [4.78, 5) is 0. The van der Waals surface area contributed by atoms with E-state index in [0.717, 1.165) is 11.8 Å². The van der Waals surface area contributed by atoms with Crippen molar-refractivity contribution in [3.05, 3.63) is 0 Å². The van der Waals surface area contributed by atoms with Gasteiger partial charge in [-0.2, -0.15) is 0 Å². The molecular weight excluding hydrogens is 286 g/mol. The molecule has 0 fully saturated rings. The van der Waals surface area contributed by atoms with Crippen molar-refractivity contribution < 1.29 is 0 Å². The van der Waals surface area contributed by atoms with Crippen molar-refractivity contribution in [2.75, 3.05) is 6.54 Å². The van der Waals surface area contributed by atoms with Gasteiger partial charge in [-0.05, 0) is 6.42 Å². The van der Waals surface area contributed by atoms with Gasteiger partial charge in [0.2, 0.25) is 0 Å². The molecule has 0 saturated carbocycles. The maximum absolute atomic E-state index is 3.36. The molecule has 0 aliphatic heterocycles. The Morgan fingerprint density at radius 2 is 1.05 bits per heavy atom. The second kappa shape index (κ2) is 19.4. The highest BCUT2D eigenvalue weighted by molar-refractivity contribution is 7.98. The molecule has 0 aliphatic rings. The lowest BCUT2D eigenvalue weighted by Gasteiger charge is -2.10. The van der Waals surface area contributed by atoms with Gasteiger partial charge in [-0.1, -0.05) is 123 Å². The zero-order valence-corrected chi connectivity index (χ0v) is 16.6. The van der Waals surface area contributed by atoms with Crippen LogP contribution >= 0.6 is 11.9 Å². The quantitative estimate of drug-likeness (QED) is 0.206. The highest BCUT2D eigenvalue weighted by Crippen LogP contribution is 2.16. The van der Waals surface area contributed by atoms with Crippen LogP contribution in [0.25, 0.3) is 0 Å². The number of rotatable bonds is 18. The summed E-state index contributed by atoms with van der Waals surface area (Å²) in [5.74, 6) is 0. The second-order valence-corrected chi connectivity index (χ2v) is 8.14. The van der Waals surface area contributed by atoms with Crippen molar-refractivity contribution in [3.63, 3.8) is 0 Å². The second-order valence-electron chi connectivity index (χ2n) is 6.81. The summed E-state index contributed by atoms with van der Waals surface area (Å²) in [5, 5.41) is 0.775. The third kappa shape index (κ3) is 18.4. The predicted molar refractivity (Wildman–Crippen MR) is 106 cm³/mol. The van der Waals surface area contributed by atoms with Crippen LogP contribution in [-0.2, 0) is 0 Å². The number of nitrogens with one attached hydrogen (secondary N) is 1. The van der Waals surface area contributed by atoms with Gasteiger partial charge in [-0.3, -0.25) is 4.72 Å². The van der Waals surface area contributed by atoms with Crippen LogP contribution < -0.4 is 4.72 Å². The average Bonchev–Trinajstić information content (AvgIpc) is 2.53. The molecule has 0 aliphatic carbocycles. The third-order valence-corrected chi connectivity index (χ3v) is 5.49. The molecule has 2 heteroatoms. The Kier molecular flexibility index (Phi) is 19.6. The molecule has 0 heterocycles. The van der Waals surface area contributed by atoms with Gasteiger partial charge in [0.05, 0.1) is 0 Å². The molecule has 0 amide bonds. The average molecular weight is 330 g/mol. The Morgan fingerprint density at radius 1 is 0.636 bits per heavy atom. The van der Waals surface area contributed by atoms with Gasteiger partial charge in [0, 0.05) is 11.8 Å². The molecule has 0 radical (unpaired) electrons. The summed E-state index contributed by atoms with van der Waals surface area (Å²) in [6, 6.07) is 0.